The van der Waals surface area contributed by atoms with Gasteiger partial charge in [0.25, 0.3) is 5.91 Å². The SMILES string of the molecule is CC[C@H](C)c1ccc(NC(=O)c2cc(C)ccc2C)cc1. The van der Waals surface area contributed by atoms with Crippen molar-refractivity contribution in [2.24, 2.45) is 0 Å². The molecule has 110 valence electrons. The van der Waals surface area contributed by atoms with Crippen molar-refractivity contribution in [3.05, 3.63) is 64.7 Å². The van der Waals surface area contributed by atoms with Crippen LogP contribution in [0.15, 0.2) is 42.5 Å². The van der Waals surface area contributed by atoms with E-state index in [1.54, 1.807) is 0 Å². The first-order valence-electron chi connectivity index (χ1n) is 7.49. The summed E-state index contributed by atoms with van der Waals surface area (Å²) in [6.07, 6.45) is 1.12. The first kappa shape index (κ1) is 15.3. The molecule has 1 N–H and O–H groups in total. The van der Waals surface area contributed by atoms with Gasteiger partial charge in [0.15, 0.2) is 0 Å². The number of carbonyl (C=O) groups excluding carboxylic acids is 1. The zero-order valence-corrected chi connectivity index (χ0v) is 13.2. The average molecular weight is 281 g/mol. The summed E-state index contributed by atoms with van der Waals surface area (Å²) in [4.78, 5) is 12.4. The van der Waals surface area contributed by atoms with Crippen LogP contribution in [0.5, 0.6) is 0 Å². The number of amides is 1. The highest BCUT2D eigenvalue weighted by atomic mass is 16.1. The van der Waals surface area contributed by atoms with Crippen molar-refractivity contribution in [2.75, 3.05) is 5.32 Å². The van der Waals surface area contributed by atoms with Gasteiger partial charge in [0.2, 0.25) is 0 Å². The third-order valence-corrected chi connectivity index (χ3v) is 3.99. The van der Waals surface area contributed by atoms with Crippen LogP contribution >= 0.6 is 0 Å². The molecule has 1 atom stereocenters. The van der Waals surface area contributed by atoms with E-state index in [1.165, 1.54) is 5.56 Å². The Morgan fingerprint density at radius 2 is 1.76 bits per heavy atom. The van der Waals surface area contributed by atoms with E-state index < -0.39 is 0 Å². The van der Waals surface area contributed by atoms with Gasteiger partial charge in [-0.15, -0.1) is 0 Å². The lowest BCUT2D eigenvalue weighted by atomic mass is 9.98. The van der Waals surface area contributed by atoms with Crippen LogP contribution in [0.4, 0.5) is 5.69 Å². The highest BCUT2D eigenvalue weighted by molar-refractivity contribution is 6.05. The molecule has 0 saturated carbocycles. The molecule has 0 saturated heterocycles. The molecule has 2 nitrogen and oxygen atoms in total. The summed E-state index contributed by atoms with van der Waals surface area (Å²) in [6.45, 7) is 8.35. The van der Waals surface area contributed by atoms with Crippen LogP contribution in [-0.4, -0.2) is 5.91 Å². The summed E-state index contributed by atoms with van der Waals surface area (Å²) >= 11 is 0. The Kier molecular flexibility index (Phi) is 4.79. The van der Waals surface area contributed by atoms with Gasteiger partial charge in [-0.25, -0.2) is 0 Å². The van der Waals surface area contributed by atoms with Crippen molar-refractivity contribution in [3.63, 3.8) is 0 Å². The van der Waals surface area contributed by atoms with Crippen LogP contribution in [0, 0.1) is 13.8 Å². The quantitative estimate of drug-likeness (QED) is 0.833. The van der Waals surface area contributed by atoms with Gasteiger partial charge in [-0.1, -0.05) is 43.7 Å². The van der Waals surface area contributed by atoms with E-state index in [2.05, 4.69) is 31.3 Å². The number of hydrogen-bond donors (Lipinski definition) is 1. The number of nitrogens with one attached hydrogen (secondary N) is 1. The second-order valence-electron chi connectivity index (χ2n) is 5.70. The molecule has 0 fully saturated rings. The van der Waals surface area contributed by atoms with Crippen molar-refractivity contribution < 1.29 is 4.79 Å². The van der Waals surface area contributed by atoms with E-state index in [4.69, 9.17) is 0 Å². The molecule has 0 heterocycles. The molecule has 0 radical (unpaired) electrons. The summed E-state index contributed by atoms with van der Waals surface area (Å²) in [6, 6.07) is 14.1. The lowest BCUT2D eigenvalue weighted by Crippen LogP contribution is -2.13. The zero-order valence-electron chi connectivity index (χ0n) is 13.2. The van der Waals surface area contributed by atoms with Gasteiger partial charge >= 0.3 is 0 Å². The van der Waals surface area contributed by atoms with E-state index in [0.717, 1.165) is 28.8 Å². The van der Waals surface area contributed by atoms with Crippen LogP contribution in [0.1, 0.15) is 53.2 Å². The molecular weight excluding hydrogens is 258 g/mol. The second-order valence-corrected chi connectivity index (χ2v) is 5.70. The van der Waals surface area contributed by atoms with Gasteiger partial charge in [-0.3, -0.25) is 4.79 Å². The van der Waals surface area contributed by atoms with Crippen molar-refractivity contribution in [2.45, 2.75) is 40.0 Å². The Labute approximate surface area is 127 Å². The van der Waals surface area contributed by atoms with Crippen LogP contribution in [0.3, 0.4) is 0 Å². The van der Waals surface area contributed by atoms with Crippen molar-refractivity contribution in [1.29, 1.82) is 0 Å². The molecule has 0 spiro atoms. The van der Waals surface area contributed by atoms with E-state index in [0.29, 0.717) is 5.92 Å². The smallest absolute Gasteiger partial charge is 0.255 e. The minimum Gasteiger partial charge on any atom is -0.322 e. The Morgan fingerprint density at radius 3 is 2.38 bits per heavy atom. The van der Waals surface area contributed by atoms with Crippen LogP contribution < -0.4 is 5.32 Å². The Bertz CT molecular complexity index is 629. The van der Waals surface area contributed by atoms with Crippen molar-refractivity contribution in [1.82, 2.24) is 0 Å². The molecule has 2 aromatic rings. The molecule has 0 aromatic heterocycles. The fourth-order valence-electron chi connectivity index (χ4n) is 2.31. The third kappa shape index (κ3) is 3.72. The summed E-state index contributed by atoms with van der Waals surface area (Å²) in [5, 5.41) is 2.97. The number of carbonyl (C=O) groups is 1. The number of benzene rings is 2. The predicted molar refractivity (Wildman–Crippen MR) is 89.0 cm³/mol. The molecule has 2 aromatic carbocycles. The molecule has 2 rings (SSSR count). The Hall–Kier alpha value is -2.09. The molecule has 0 unspecified atom stereocenters. The summed E-state index contributed by atoms with van der Waals surface area (Å²) in [5.41, 5.74) is 4.98. The van der Waals surface area contributed by atoms with Gasteiger partial charge in [-0.2, -0.15) is 0 Å². The molecule has 0 aliphatic rings. The lowest BCUT2D eigenvalue weighted by Gasteiger charge is -2.11. The van der Waals surface area contributed by atoms with Gasteiger partial charge in [-0.05, 0) is 55.5 Å². The number of rotatable bonds is 4. The van der Waals surface area contributed by atoms with Gasteiger partial charge < -0.3 is 5.32 Å². The van der Waals surface area contributed by atoms with E-state index in [-0.39, 0.29) is 5.91 Å². The monoisotopic (exact) mass is 281 g/mol. The second kappa shape index (κ2) is 6.57. The fourth-order valence-corrected chi connectivity index (χ4v) is 2.31. The molecule has 1 amide bonds. The third-order valence-electron chi connectivity index (χ3n) is 3.99. The first-order valence-corrected chi connectivity index (χ1v) is 7.49. The summed E-state index contributed by atoms with van der Waals surface area (Å²) in [5.74, 6) is 0.501. The van der Waals surface area contributed by atoms with Crippen LogP contribution in [0.2, 0.25) is 0 Å². The molecule has 0 aliphatic heterocycles. The maximum atomic E-state index is 12.4. The molecule has 21 heavy (non-hydrogen) atoms. The number of hydrogen-bond acceptors (Lipinski definition) is 1. The zero-order chi connectivity index (χ0) is 15.4. The van der Waals surface area contributed by atoms with E-state index >= 15 is 0 Å². The minimum atomic E-state index is -0.0486. The fraction of sp³-hybridized carbons (Fsp3) is 0.316. The molecule has 2 heteroatoms. The maximum Gasteiger partial charge on any atom is 0.255 e. The van der Waals surface area contributed by atoms with Crippen molar-refractivity contribution >= 4 is 11.6 Å². The number of anilines is 1. The molecular formula is C19H23NO. The lowest BCUT2D eigenvalue weighted by molar-refractivity contribution is 0.102. The summed E-state index contributed by atoms with van der Waals surface area (Å²) in [7, 11) is 0. The van der Waals surface area contributed by atoms with Gasteiger partial charge in [0.1, 0.15) is 0 Å². The van der Waals surface area contributed by atoms with Gasteiger partial charge in [0.05, 0.1) is 0 Å². The molecule has 0 aliphatic carbocycles. The van der Waals surface area contributed by atoms with Crippen LogP contribution in [0.25, 0.3) is 0 Å². The topological polar surface area (TPSA) is 29.1 Å². The van der Waals surface area contributed by atoms with Crippen LogP contribution in [-0.2, 0) is 0 Å². The maximum absolute atomic E-state index is 12.4. The first-order chi connectivity index (χ1) is 10.0. The van der Waals surface area contributed by atoms with Gasteiger partial charge in [0, 0.05) is 11.3 Å². The number of aryl methyl sites for hydroxylation is 2. The largest absolute Gasteiger partial charge is 0.322 e. The summed E-state index contributed by atoms with van der Waals surface area (Å²) < 4.78 is 0. The minimum absolute atomic E-state index is 0.0486. The Balaban J connectivity index is 2.14. The predicted octanol–water partition coefficient (Wildman–Crippen LogP) is 5.07. The highest BCUT2D eigenvalue weighted by Crippen LogP contribution is 2.21. The van der Waals surface area contributed by atoms with E-state index in [9.17, 15) is 4.79 Å². The van der Waals surface area contributed by atoms with E-state index in [1.807, 2.05) is 44.2 Å². The Morgan fingerprint density at radius 1 is 1.10 bits per heavy atom. The van der Waals surface area contributed by atoms with Crippen molar-refractivity contribution in [3.8, 4) is 0 Å². The standard InChI is InChI=1S/C19H23NO/c1-5-14(3)16-8-10-17(11-9-16)20-19(21)18-12-13(2)6-7-15(18)4/h6-12,14H,5H2,1-4H3,(H,20,21)/t14-/m0/s1. The normalized spacial score (nSPS) is 12.0. The average Bonchev–Trinajstić information content (AvgIpc) is 2.49. The molecule has 0 bridgehead atoms. The highest BCUT2D eigenvalue weighted by Gasteiger charge is 2.10.